The zero-order chi connectivity index (χ0) is 16.0. The highest BCUT2D eigenvalue weighted by atomic mass is 16.5. The van der Waals surface area contributed by atoms with Crippen molar-refractivity contribution in [3.05, 3.63) is 29.3 Å². The summed E-state index contributed by atoms with van der Waals surface area (Å²) >= 11 is 0. The van der Waals surface area contributed by atoms with Crippen molar-refractivity contribution in [3.8, 4) is 5.75 Å². The quantitative estimate of drug-likeness (QED) is 0.809. The van der Waals surface area contributed by atoms with Gasteiger partial charge in [0.05, 0.1) is 5.41 Å². The van der Waals surface area contributed by atoms with E-state index in [-0.39, 0.29) is 12.5 Å². The maximum Gasteiger partial charge on any atom is 0.309 e. The Kier molecular flexibility index (Phi) is 5.76. The molecule has 0 aliphatic rings. The van der Waals surface area contributed by atoms with Crippen molar-refractivity contribution in [2.24, 2.45) is 5.41 Å². The number of hydrogen-bond acceptors (Lipinski definition) is 3. The van der Waals surface area contributed by atoms with Crippen molar-refractivity contribution < 1.29 is 19.4 Å². The molecule has 0 aromatic heterocycles. The van der Waals surface area contributed by atoms with Crippen LogP contribution in [0.3, 0.4) is 0 Å². The first kappa shape index (κ1) is 17.0. The fourth-order valence-electron chi connectivity index (χ4n) is 1.68. The van der Waals surface area contributed by atoms with Crippen LogP contribution in [0.1, 0.15) is 31.4 Å². The molecule has 0 aliphatic carbocycles. The molecule has 2 N–H and O–H groups in total. The topological polar surface area (TPSA) is 75.6 Å². The van der Waals surface area contributed by atoms with Gasteiger partial charge < -0.3 is 15.2 Å². The van der Waals surface area contributed by atoms with E-state index in [4.69, 9.17) is 9.84 Å². The van der Waals surface area contributed by atoms with Gasteiger partial charge in [-0.1, -0.05) is 12.1 Å². The second-order valence-corrected chi connectivity index (χ2v) is 5.85. The van der Waals surface area contributed by atoms with Crippen LogP contribution in [0.25, 0.3) is 0 Å². The number of benzene rings is 1. The number of hydrogen-bond donors (Lipinski definition) is 2. The first-order chi connectivity index (χ1) is 9.72. The van der Waals surface area contributed by atoms with Crippen LogP contribution in [-0.4, -0.2) is 30.1 Å². The lowest BCUT2D eigenvalue weighted by atomic mass is 9.90. The van der Waals surface area contributed by atoms with E-state index >= 15 is 0 Å². The van der Waals surface area contributed by atoms with Gasteiger partial charge in [0, 0.05) is 6.54 Å². The van der Waals surface area contributed by atoms with E-state index < -0.39 is 11.4 Å². The summed E-state index contributed by atoms with van der Waals surface area (Å²) in [5.74, 6) is -0.434. The predicted octanol–water partition coefficient (Wildman–Crippen LogP) is 2.30. The van der Waals surface area contributed by atoms with E-state index in [2.05, 4.69) is 5.32 Å². The first-order valence-electron chi connectivity index (χ1n) is 6.92. The van der Waals surface area contributed by atoms with E-state index in [0.29, 0.717) is 18.7 Å². The minimum Gasteiger partial charge on any atom is -0.483 e. The maximum atomic E-state index is 11.7. The fraction of sp³-hybridized carbons (Fsp3) is 0.500. The molecule has 5 heteroatoms. The van der Waals surface area contributed by atoms with E-state index in [0.717, 1.165) is 11.1 Å². The fourth-order valence-corrected chi connectivity index (χ4v) is 1.68. The molecule has 21 heavy (non-hydrogen) atoms. The Morgan fingerprint density at radius 2 is 1.95 bits per heavy atom. The molecule has 0 saturated carbocycles. The van der Waals surface area contributed by atoms with Gasteiger partial charge in [-0.25, -0.2) is 0 Å². The zero-order valence-electron chi connectivity index (χ0n) is 13.0. The largest absolute Gasteiger partial charge is 0.483 e. The van der Waals surface area contributed by atoms with Crippen molar-refractivity contribution in [2.45, 2.75) is 34.1 Å². The molecule has 0 unspecified atom stereocenters. The van der Waals surface area contributed by atoms with Crippen LogP contribution in [-0.2, 0) is 9.59 Å². The van der Waals surface area contributed by atoms with Crippen LogP contribution in [0.15, 0.2) is 18.2 Å². The van der Waals surface area contributed by atoms with Crippen LogP contribution in [0.5, 0.6) is 5.75 Å². The third-order valence-electron chi connectivity index (χ3n) is 3.35. The molecule has 0 radical (unpaired) electrons. The number of carbonyl (C=O) groups excluding carboxylic acids is 1. The molecular formula is C16H23NO4. The Morgan fingerprint density at radius 1 is 1.29 bits per heavy atom. The van der Waals surface area contributed by atoms with E-state index in [1.807, 2.05) is 32.0 Å². The number of nitrogens with one attached hydrogen (secondary N) is 1. The van der Waals surface area contributed by atoms with Gasteiger partial charge in [0.2, 0.25) is 0 Å². The Balaban J connectivity index is 2.38. The number of rotatable bonds is 7. The summed E-state index contributed by atoms with van der Waals surface area (Å²) in [4.78, 5) is 22.6. The lowest BCUT2D eigenvalue weighted by Gasteiger charge is -2.19. The van der Waals surface area contributed by atoms with Crippen LogP contribution >= 0.6 is 0 Å². The molecule has 116 valence electrons. The minimum absolute atomic E-state index is 0.0716. The molecule has 0 atom stereocenters. The standard InChI is InChI=1S/C16H23NO4/c1-11-5-6-12(2)13(9-11)21-10-14(18)17-8-7-16(3,4)15(19)20/h5-6,9H,7-8,10H2,1-4H3,(H,17,18)(H,19,20). The molecule has 0 spiro atoms. The van der Waals surface area contributed by atoms with Crippen molar-refractivity contribution in [1.82, 2.24) is 5.32 Å². The van der Waals surface area contributed by atoms with Gasteiger partial charge in [-0.15, -0.1) is 0 Å². The van der Waals surface area contributed by atoms with Gasteiger partial charge >= 0.3 is 5.97 Å². The highest BCUT2D eigenvalue weighted by Crippen LogP contribution is 2.20. The molecule has 1 aromatic rings. The molecular weight excluding hydrogens is 270 g/mol. The summed E-state index contributed by atoms with van der Waals surface area (Å²) in [5, 5.41) is 11.6. The second kappa shape index (κ2) is 7.11. The molecule has 0 bridgehead atoms. The third kappa shape index (κ3) is 5.45. The number of aryl methyl sites for hydroxylation is 2. The average Bonchev–Trinajstić information content (AvgIpc) is 2.39. The summed E-state index contributed by atoms with van der Waals surface area (Å²) in [6.07, 6.45) is 0.373. The zero-order valence-corrected chi connectivity index (χ0v) is 13.0. The summed E-state index contributed by atoms with van der Waals surface area (Å²) in [6, 6.07) is 5.81. The van der Waals surface area contributed by atoms with E-state index in [1.54, 1.807) is 13.8 Å². The van der Waals surface area contributed by atoms with Gasteiger partial charge in [0.1, 0.15) is 5.75 Å². The normalized spacial score (nSPS) is 11.0. The molecule has 0 fully saturated rings. The summed E-state index contributed by atoms with van der Waals surface area (Å²) < 4.78 is 5.48. The number of carboxylic acids is 1. The number of ether oxygens (including phenoxy) is 1. The van der Waals surface area contributed by atoms with E-state index in [1.165, 1.54) is 0 Å². The Hall–Kier alpha value is -2.04. The maximum absolute atomic E-state index is 11.7. The van der Waals surface area contributed by atoms with Crippen molar-refractivity contribution in [2.75, 3.05) is 13.2 Å². The molecule has 1 amide bonds. The summed E-state index contributed by atoms with van der Waals surface area (Å²) in [5.41, 5.74) is 1.20. The van der Waals surface area contributed by atoms with Crippen LogP contribution in [0, 0.1) is 19.3 Å². The summed E-state index contributed by atoms with van der Waals surface area (Å²) in [7, 11) is 0. The number of carbonyl (C=O) groups is 2. The lowest BCUT2D eigenvalue weighted by molar-refractivity contribution is -0.147. The van der Waals surface area contributed by atoms with Crippen molar-refractivity contribution in [3.63, 3.8) is 0 Å². The first-order valence-corrected chi connectivity index (χ1v) is 6.92. The van der Waals surface area contributed by atoms with Crippen molar-refractivity contribution >= 4 is 11.9 Å². The SMILES string of the molecule is Cc1ccc(C)c(OCC(=O)NCCC(C)(C)C(=O)O)c1. The molecule has 5 nitrogen and oxygen atoms in total. The van der Waals surface area contributed by atoms with Crippen molar-refractivity contribution in [1.29, 1.82) is 0 Å². The number of carboxylic acid groups (broad SMARTS) is 1. The van der Waals surface area contributed by atoms with Crippen LogP contribution < -0.4 is 10.1 Å². The van der Waals surface area contributed by atoms with E-state index in [9.17, 15) is 9.59 Å². The van der Waals surface area contributed by atoms with Gasteiger partial charge in [-0.3, -0.25) is 9.59 Å². The monoisotopic (exact) mass is 293 g/mol. The highest BCUT2D eigenvalue weighted by molar-refractivity contribution is 5.78. The van der Waals surface area contributed by atoms with Gasteiger partial charge in [0.25, 0.3) is 5.91 Å². The van der Waals surface area contributed by atoms with Gasteiger partial charge in [-0.05, 0) is 51.3 Å². The molecule has 0 saturated heterocycles. The molecule has 1 rings (SSSR count). The van der Waals surface area contributed by atoms with Gasteiger partial charge in [-0.2, -0.15) is 0 Å². The molecule has 0 heterocycles. The lowest BCUT2D eigenvalue weighted by Crippen LogP contribution is -2.34. The highest BCUT2D eigenvalue weighted by Gasteiger charge is 2.26. The average molecular weight is 293 g/mol. The second-order valence-electron chi connectivity index (χ2n) is 5.85. The number of amides is 1. The van der Waals surface area contributed by atoms with Crippen LogP contribution in [0.4, 0.5) is 0 Å². The Bertz CT molecular complexity index is 523. The third-order valence-corrected chi connectivity index (χ3v) is 3.35. The summed E-state index contributed by atoms with van der Waals surface area (Å²) in [6.45, 7) is 7.39. The Morgan fingerprint density at radius 3 is 2.57 bits per heavy atom. The van der Waals surface area contributed by atoms with Crippen LogP contribution in [0.2, 0.25) is 0 Å². The molecule has 0 aliphatic heterocycles. The Labute approximate surface area is 125 Å². The van der Waals surface area contributed by atoms with Gasteiger partial charge in [0.15, 0.2) is 6.61 Å². The number of aliphatic carboxylic acids is 1. The minimum atomic E-state index is -0.872. The predicted molar refractivity (Wildman–Crippen MR) is 80.5 cm³/mol. The smallest absolute Gasteiger partial charge is 0.309 e. The molecule has 1 aromatic carbocycles.